The van der Waals surface area contributed by atoms with Crippen LogP contribution in [0.2, 0.25) is 0 Å². The average Bonchev–Trinajstić information content (AvgIpc) is 2.28. The van der Waals surface area contributed by atoms with Crippen molar-refractivity contribution in [2.45, 2.75) is 11.7 Å². The molecule has 0 fully saturated rings. The maximum Gasteiger partial charge on any atom is 0.273 e. The predicted octanol–water partition coefficient (Wildman–Crippen LogP) is 0.166. The molecule has 0 saturated carbocycles. The Kier molecular flexibility index (Phi) is 2.41. The number of furan rings is 1. The van der Waals surface area contributed by atoms with E-state index in [1.807, 2.05) is 0 Å². The molecule has 1 aromatic rings. The van der Waals surface area contributed by atoms with Gasteiger partial charge in [0.25, 0.3) is 5.09 Å². The van der Waals surface area contributed by atoms with Crippen molar-refractivity contribution in [3.05, 3.63) is 5.76 Å². The summed E-state index contributed by atoms with van der Waals surface area (Å²) in [6.45, 7) is -0.686. The summed E-state index contributed by atoms with van der Waals surface area (Å²) >= 11 is 0. The number of nitrogens with two attached hydrogens (primary N) is 1. The van der Waals surface area contributed by atoms with E-state index in [1.165, 1.54) is 0 Å². The van der Waals surface area contributed by atoms with Crippen LogP contribution < -0.4 is 5.14 Å². The minimum Gasteiger partial charge on any atom is -0.502 e. The summed E-state index contributed by atoms with van der Waals surface area (Å²) < 4.78 is 22.3. The van der Waals surface area contributed by atoms with Gasteiger partial charge in [0, 0.05) is 0 Å². The second kappa shape index (κ2) is 3.09. The predicted molar refractivity (Wildman–Crippen MR) is 43.3 cm³/mol. The zero-order chi connectivity index (χ0) is 10.2. The second-order valence-corrected chi connectivity index (χ2v) is 3.82. The SMILES string of the molecule is NS(O)(O)c1oc(CO)c(O)c1O. The van der Waals surface area contributed by atoms with Crippen LogP contribution in [0.25, 0.3) is 0 Å². The van der Waals surface area contributed by atoms with Crippen LogP contribution in [-0.4, -0.2) is 24.4 Å². The molecule has 0 atom stereocenters. The Morgan fingerprint density at radius 2 is 1.77 bits per heavy atom. The number of aliphatic hydroxyl groups excluding tert-OH is 1. The van der Waals surface area contributed by atoms with Crippen LogP contribution in [0.1, 0.15) is 5.76 Å². The van der Waals surface area contributed by atoms with Gasteiger partial charge in [0.15, 0.2) is 5.76 Å². The Morgan fingerprint density at radius 3 is 2.00 bits per heavy atom. The van der Waals surface area contributed by atoms with E-state index in [0.717, 1.165) is 0 Å². The highest BCUT2D eigenvalue weighted by molar-refractivity contribution is 8.22. The lowest BCUT2D eigenvalue weighted by Gasteiger charge is -2.22. The summed E-state index contributed by atoms with van der Waals surface area (Å²) in [5.74, 6) is -1.99. The Balaban J connectivity index is 3.25. The monoisotopic (exact) mass is 211 g/mol. The molecule has 0 radical (unpaired) electrons. The van der Waals surface area contributed by atoms with Gasteiger partial charge in [-0.1, -0.05) is 10.8 Å². The maximum absolute atomic E-state index is 9.05. The highest BCUT2D eigenvalue weighted by Crippen LogP contribution is 2.51. The van der Waals surface area contributed by atoms with Crippen LogP contribution in [0.4, 0.5) is 0 Å². The zero-order valence-corrected chi connectivity index (χ0v) is 7.15. The lowest BCUT2D eigenvalue weighted by atomic mass is 10.4. The third-order valence-corrected chi connectivity index (χ3v) is 2.14. The molecule has 7 N–H and O–H groups in total. The zero-order valence-electron chi connectivity index (χ0n) is 6.34. The van der Waals surface area contributed by atoms with Crippen molar-refractivity contribution in [1.29, 1.82) is 0 Å². The average molecular weight is 211 g/mol. The molecule has 7 nitrogen and oxygen atoms in total. The highest BCUT2D eigenvalue weighted by Gasteiger charge is 2.26. The molecule has 0 unspecified atom stereocenters. The Hall–Kier alpha value is -0.930. The number of aromatic hydroxyl groups is 2. The third kappa shape index (κ3) is 1.71. The van der Waals surface area contributed by atoms with Gasteiger partial charge in [0.1, 0.15) is 6.61 Å². The molecule has 0 aliphatic heterocycles. The van der Waals surface area contributed by atoms with Crippen molar-refractivity contribution in [2.24, 2.45) is 5.14 Å². The first-order valence-corrected chi connectivity index (χ1v) is 4.69. The van der Waals surface area contributed by atoms with Crippen molar-refractivity contribution in [3.8, 4) is 11.5 Å². The summed E-state index contributed by atoms with van der Waals surface area (Å²) in [6, 6.07) is 0. The van der Waals surface area contributed by atoms with Crippen molar-refractivity contribution < 1.29 is 28.8 Å². The fourth-order valence-corrected chi connectivity index (χ4v) is 1.35. The van der Waals surface area contributed by atoms with Gasteiger partial charge in [-0.2, -0.15) is 0 Å². The fraction of sp³-hybridized carbons (Fsp3) is 0.200. The molecule has 0 aromatic carbocycles. The normalized spacial score (nSPS) is 13.2. The van der Waals surface area contributed by atoms with E-state index in [2.05, 4.69) is 4.42 Å². The topological polar surface area (TPSA) is 140 Å². The van der Waals surface area contributed by atoms with E-state index >= 15 is 0 Å². The van der Waals surface area contributed by atoms with Crippen molar-refractivity contribution in [2.75, 3.05) is 0 Å². The number of hydrogen-bond donors (Lipinski definition) is 6. The number of aliphatic hydroxyl groups is 1. The minimum absolute atomic E-state index is 0.377. The highest BCUT2D eigenvalue weighted by atomic mass is 32.3. The first-order valence-electron chi connectivity index (χ1n) is 3.08. The minimum atomic E-state index is -3.73. The van der Waals surface area contributed by atoms with Gasteiger partial charge < -0.3 is 19.7 Å². The molecule has 1 heterocycles. The molecule has 0 aliphatic carbocycles. The molecule has 0 bridgehead atoms. The molecular formula is C5H9NO6S. The van der Waals surface area contributed by atoms with Gasteiger partial charge in [-0.3, -0.25) is 9.11 Å². The van der Waals surface area contributed by atoms with Crippen LogP contribution in [0, 0.1) is 0 Å². The summed E-state index contributed by atoms with van der Waals surface area (Å²) in [7, 11) is -3.73. The van der Waals surface area contributed by atoms with Crippen molar-refractivity contribution in [3.63, 3.8) is 0 Å². The standard InChI is InChI=1S/C5H9NO6S/c6-13(10,11)5-4(9)3(8)2(1-7)12-5/h7-11H,1,6H2. The smallest absolute Gasteiger partial charge is 0.273 e. The second-order valence-electron chi connectivity index (χ2n) is 2.26. The maximum atomic E-state index is 9.05. The van der Waals surface area contributed by atoms with Gasteiger partial charge in [-0.05, 0) is 0 Å². The van der Waals surface area contributed by atoms with Gasteiger partial charge in [0.2, 0.25) is 11.5 Å². The number of rotatable bonds is 2. The molecule has 8 heteroatoms. The lowest BCUT2D eigenvalue weighted by molar-refractivity contribution is 0.227. The van der Waals surface area contributed by atoms with E-state index < -0.39 is 34.0 Å². The van der Waals surface area contributed by atoms with Crippen LogP contribution >= 0.6 is 10.8 Å². The summed E-state index contributed by atoms with van der Waals surface area (Å²) in [4.78, 5) is 0. The molecular weight excluding hydrogens is 202 g/mol. The van der Waals surface area contributed by atoms with Gasteiger partial charge >= 0.3 is 0 Å². The van der Waals surface area contributed by atoms with Crippen molar-refractivity contribution in [1.82, 2.24) is 0 Å². The van der Waals surface area contributed by atoms with E-state index in [4.69, 9.17) is 29.6 Å². The molecule has 0 spiro atoms. The Labute approximate surface area is 74.5 Å². The first-order chi connectivity index (χ1) is 5.88. The molecule has 13 heavy (non-hydrogen) atoms. The van der Waals surface area contributed by atoms with Gasteiger partial charge in [-0.15, -0.1) is 0 Å². The summed E-state index contributed by atoms with van der Waals surface area (Å²) in [5.41, 5.74) is 0. The first kappa shape index (κ1) is 10.2. The van der Waals surface area contributed by atoms with Crippen LogP contribution in [-0.2, 0) is 6.61 Å². The van der Waals surface area contributed by atoms with E-state index in [9.17, 15) is 0 Å². The summed E-state index contributed by atoms with van der Waals surface area (Å²) in [5, 5.41) is 30.7. The molecule has 0 saturated heterocycles. The van der Waals surface area contributed by atoms with E-state index in [0.29, 0.717) is 0 Å². The lowest BCUT2D eigenvalue weighted by Crippen LogP contribution is -2.07. The third-order valence-electron chi connectivity index (χ3n) is 1.31. The van der Waals surface area contributed by atoms with Gasteiger partial charge in [0.05, 0.1) is 0 Å². The van der Waals surface area contributed by atoms with Crippen LogP contribution in [0.3, 0.4) is 0 Å². The number of hydrogen-bond acceptors (Lipinski definition) is 7. The largest absolute Gasteiger partial charge is 0.502 e. The molecule has 1 rings (SSSR count). The van der Waals surface area contributed by atoms with Crippen LogP contribution in [0.15, 0.2) is 9.51 Å². The molecule has 76 valence electrons. The molecule has 0 amide bonds. The Morgan fingerprint density at radius 1 is 1.23 bits per heavy atom. The van der Waals surface area contributed by atoms with Crippen molar-refractivity contribution >= 4 is 10.8 Å². The quantitative estimate of drug-likeness (QED) is 0.409. The fourth-order valence-electron chi connectivity index (χ4n) is 0.748. The summed E-state index contributed by atoms with van der Waals surface area (Å²) in [6.07, 6.45) is 0. The molecule has 1 aromatic heterocycles. The van der Waals surface area contributed by atoms with Crippen LogP contribution in [0.5, 0.6) is 11.5 Å². The molecule has 0 aliphatic rings. The van der Waals surface area contributed by atoms with E-state index in [1.54, 1.807) is 0 Å². The van der Waals surface area contributed by atoms with Gasteiger partial charge in [-0.25, -0.2) is 5.14 Å². The Bertz CT molecular complexity index is 316. The van der Waals surface area contributed by atoms with E-state index in [-0.39, 0.29) is 5.76 Å².